The molecule has 0 aliphatic heterocycles. The number of aryl methyl sites for hydroxylation is 1. The summed E-state index contributed by atoms with van der Waals surface area (Å²) in [7, 11) is 1.95. The van der Waals surface area contributed by atoms with Crippen molar-refractivity contribution in [3.63, 3.8) is 0 Å². The van der Waals surface area contributed by atoms with Gasteiger partial charge in [0, 0.05) is 18.8 Å². The Hall–Kier alpha value is -2.16. The van der Waals surface area contributed by atoms with E-state index in [0.717, 1.165) is 16.7 Å². The van der Waals surface area contributed by atoms with Gasteiger partial charge in [-0.05, 0) is 11.6 Å². The van der Waals surface area contributed by atoms with Gasteiger partial charge >= 0.3 is 0 Å². The van der Waals surface area contributed by atoms with Gasteiger partial charge in [0.05, 0.1) is 6.33 Å². The van der Waals surface area contributed by atoms with Crippen LogP contribution in [0.5, 0.6) is 0 Å². The third-order valence-electron chi connectivity index (χ3n) is 2.66. The molecule has 0 fully saturated rings. The number of fused-ring (bicyclic) bond motifs is 1. The van der Waals surface area contributed by atoms with Gasteiger partial charge < -0.3 is 4.57 Å². The molecule has 0 unspecified atom stereocenters. The monoisotopic (exact) mass is 209 g/mol. The van der Waals surface area contributed by atoms with Gasteiger partial charge in [-0.15, -0.1) is 0 Å². The molecule has 2 aromatic heterocycles. The van der Waals surface area contributed by atoms with E-state index in [-0.39, 0.29) is 0 Å². The summed E-state index contributed by atoms with van der Waals surface area (Å²) in [6.45, 7) is 0. The normalized spacial score (nSPS) is 10.8. The van der Waals surface area contributed by atoms with E-state index in [2.05, 4.69) is 28.2 Å². The first-order chi connectivity index (χ1) is 7.84. The second-order valence-corrected chi connectivity index (χ2v) is 3.79. The van der Waals surface area contributed by atoms with Gasteiger partial charge in [0.2, 0.25) is 0 Å². The molecular formula is C13H11N3. The first-order valence-corrected chi connectivity index (χ1v) is 5.17. The van der Waals surface area contributed by atoms with Crippen molar-refractivity contribution in [1.82, 2.24) is 14.5 Å². The molecule has 78 valence electrons. The van der Waals surface area contributed by atoms with Crippen LogP contribution in [0.15, 0.2) is 48.9 Å². The molecule has 3 nitrogen and oxygen atoms in total. The Morgan fingerprint density at radius 1 is 1.00 bits per heavy atom. The largest absolute Gasteiger partial charge is 0.318 e. The SMILES string of the molecule is Cn1cnc2cc(-c3ccccc3)cnc21. The van der Waals surface area contributed by atoms with Gasteiger partial charge in [-0.1, -0.05) is 30.3 Å². The lowest BCUT2D eigenvalue weighted by Crippen LogP contribution is -1.87. The standard InChI is InChI=1S/C13H11N3/c1-16-9-15-12-7-11(8-14-13(12)16)10-5-3-2-4-6-10/h2-9H,1H3. The molecule has 0 saturated heterocycles. The first-order valence-electron chi connectivity index (χ1n) is 5.17. The fraction of sp³-hybridized carbons (Fsp3) is 0.0769. The highest BCUT2D eigenvalue weighted by Gasteiger charge is 2.03. The Bertz CT molecular complexity index is 626. The van der Waals surface area contributed by atoms with E-state index in [9.17, 15) is 0 Å². The van der Waals surface area contributed by atoms with Crippen LogP contribution >= 0.6 is 0 Å². The van der Waals surface area contributed by atoms with Gasteiger partial charge in [0.1, 0.15) is 5.52 Å². The molecule has 0 atom stereocenters. The average Bonchev–Trinajstić information content (AvgIpc) is 2.72. The second-order valence-electron chi connectivity index (χ2n) is 3.79. The Kier molecular flexibility index (Phi) is 1.96. The summed E-state index contributed by atoms with van der Waals surface area (Å²) in [4.78, 5) is 8.72. The van der Waals surface area contributed by atoms with Gasteiger partial charge in [-0.3, -0.25) is 0 Å². The molecule has 0 radical (unpaired) electrons. The lowest BCUT2D eigenvalue weighted by molar-refractivity contribution is 0.931. The van der Waals surface area contributed by atoms with Crippen LogP contribution in [0.4, 0.5) is 0 Å². The highest BCUT2D eigenvalue weighted by molar-refractivity contribution is 5.77. The summed E-state index contributed by atoms with van der Waals surface area (Å²) in [6.07, 6.45) is 3.67. The van der Waals surface area contributed by atoms with Crippen molar-refractivity contribution in [1.29, 1.82) is 0 Å². The molecule has 16 heavy (non-hydrogen) atoms. The van der Waals surface area contributed by atoms with E-state index in [0.29, 0.717) is 0 Å². The van der Waals surface area contributed by atoms with E-state index in [1.807, 2.05) is 36.0 Å². The number of aromatic nitrogens is 3. The summed E-state index contributed by atoms with van der Waals surface area (Å²) in [5.41, 5.74) is 4.12. The van der Waals surface area contributed by atoms with Crippen LogP contribution in [0, 0.1) is 0 Å². The van der Waals surface area contributed by atoms with Crippen LogP contribution < -0.4 is 0 Å². The number of imidazole rings is 1. The molecule has 0 N–H and O–H groups in total. The molecule has 0 aliphatic carbocycles. The van der Waals surface area contributed by atoms with Gasteiger partial charge in [0.25, 0.3) is 0 Å². The number of hydrogen-bond acceptors (Lipinski definition) is 2. The molecule has 1 aromatic carbocycles. The summed E-state index contributed by atoms with van der Waals surface area (Å²) < 4.78 is 1.92. The number of nitrogens with zero attached hydrogens (tertiary/aromatic N) is 3. The van der Waals surface area contributed by atoms with Crippen molar-refractivity contribution in [3.8, 4) is 11.1 Å². The number of hydrogen-bond donors (Lipinski definition) is 0. The molecule has 3 rings (SSSR count). The predicted molar refractivity (Wildman–Crippen MR) is 63.9 cm³/mol. The highest BCUT2D eigenvalue weighted by atomic mass is 15.1. The maximum Gasteiger partial charge on any atom is 0.159 e. The van der Waals surface area contributed by atoms with E-state index >= 15 is 0 Å². The van der Waals surface area contributed by atoms with Crippen LogP contribution in [0.3, 0.4) is 0 Å². The lowest BCUT2D eigenvalue weighted by atomic mass is 10.1. The number of pyridine rings is 1. The van der Waals surface area contributed by atoms with Crippen molar-refractivity contribution < 1.29 is 0 Å². The van der Waals surface area contributed by atoms with Crippen LogP contribution in [-0.4, -0.2) is 14.5 Å². The number of benzene rings is 1. The van der Waals surface area contributed by atoms with Crippen LogP contribution in [0.1, 0.15) is 0 Å². The smallest absolute Gasteiger partial charge is 0.159 e. The van der Waals surface area contributed by atoms with E-state index in [4.69, 9.17) is 0 Å². The maximum absolute atomic E-state index is 4.42. The molecule has 2 heterocycles. The third kappa shape index (κ3) is 1.37. The molecule has 0 aliphatic rings. The van der Waals surface area contributed by atoms with E-state index < -0.39 is 0 Å². The van der Waals surface area contributed by atoms with Gasteiger partial charge in [0.15, 0.2) is 5.65 Å². The lowest BCUT2D eigenvalue weighted by Gasteiger charge is -2.00. The fourth-order valence-electron chi connectivity index (χ4n) is 1.80. The topological polar surface area (TPSA) is 30.7 Å². The fourth-order valence-corrected chi connectivity index (χ4v) is 1.80. The Labute approximate surface area is 93.4 Å². The quantitative estimate of drug-likeness (QED) is 0.616. The molecule has 0 spiro atoms. The predicted octanol–water partition coefficient (Wildman–Crippen LogP) is 2.64. The second kappa shape index (κ2) is 3.45. The Morgan fingerprint density at radius 2 is 1.81 bits per heavy atom. The minimum absolute atomic E-state index is 0.916. The zero-order chi connectivity index (χ0) is 11.0. The van der Waals surface area contributed by atoms with E-state index in [1.54, 1.807) is 6.33 Å². The van der Waals surface area contributed by atoms with Gasteiger partial charge in [-0.2, -0.15) is 0 Å². The van der Waals surface area contributed by atoms with Crippen molar-refractivity contribution in [2.45, 2.75) is 0 Å². The Balaban J connectivity index is 2.19. The zero-order valence-electron chi connectivity index (χ0n) is 8.96. The first kappa shape index (κ1) is 9.09. The minimum Gasteiger partial charge on any atom is -0.318 e. The molecule has 0 saturated carbocycles. The summed E-state index contributed by atoms with van der Waals surface area (Å²) in [6, 6.07) is 12.3. The molecular weight excluding hydrogens is 198 g/mol. The zero-order valence-corrected chi connectivity index (χ0v) is 8.96. The molecule has 3 aromatic rings. The number of rotatable bonds is 1. The van der Waals surface area contributed by atoms with Crippen LogP contribution in [-0.2, 0) is 7.05 Å². The highest BCUT2D eigenvalue weighted by Crippen LogP contribution is 2.21. The van der Waals surface area contributed by atoms with Crippen molar-refractivity contribution in [3.05, 3.63) is 48.9 Å². The van der Waals surface area contributed by atoms with Crippen molar-refractivity contribution >= 4 is 11.2 Å². The van der Waals surface area contributed by atoms with Crippen molar-refractivity contribution in [2.75, 3.05) is 0 Å². The summed E-state index contributed by atoms with van der Waals surface area (Å²) in [5.74, 6) is 0. The average molecular weight is 209 g/mol. The van der Waals surface area contributed by atoms with Crippen molar-refractivity contribution in [2.24, 2.45) is 7.05 Å². The van der Waals surface area contributed by atoms with Gasteiger partial charge in [-0.25, -0.2) is 9.97 Å². The summed E-state index contributed by atoms with van der Waals surface area (Å²) in [5, 5.41) is 0. The van der Waals surface area contributed by atoms with E-state index in [1.165, 1.54) is 5.56 Å². The maximum atomic E-state index is 4.42. The Morgan fingerprint density at radius 3 is 2.62 bits per heavy atom. The molecule has 0 bridgehead atoms. The minimum atomic E-state index is 0.916. The van der Waals surface area contributed by atoms with Crippen LogP contribution in [0.2, 0.25) is 0 Å². The summed E-state index contributed by atoms with van der Waals surface area (Å²) >= 11 is 0. The molecule has 3 heteroatoms. The molecule has 0 amide bonds. The third-order valence-corrected chi connectivity index (χ3v) is 2.66. The van der Waals surface area contributed by atoms with Crippen LogP contribution in [0.25, 0.3) is 22.3 Å².